The van der Waals surface area contributed by atoms with Crippen molar-refractivity contribution in [3.8, 4) is 0 Å². The average Bonchev–Trinajstić information content (AvgIpc) is 2.24. The van der Waals surface area contributed by atoms with Gasteiger partial charge in [0.1, 0.15) is 0 Å². The molecule has 1 aromatic carbocycles. The minimum atomic E-state index is -0.461. The number of benzene rings is 1. The Balaban J connectivity index is 2.63. The van der Waals surface area contributed by atoms with Crippen LogP contribution in [-0.4, -0.2) is 18.0 Å². The molecule has 0 aliphatic rings. The predicted octanol–water partition coefficient (Wildman–Crippen LogP) is 2.52. The number of hydrogen-bond acceptors (Lipinski definition) is 2. The minimum absolute atomic E-state index is 0.00762. The van der Waals surface area contributed by atoms with Gasteiger partial charge in [0, 0.05) is 23.9 Å². The summed E-state index contributed by atoms with van der Waals surface area (Å²) >= 11 is 0. The number of rotatable bonds is 5. The second kappa shape index (κ2) is 5.74. The summed E-state index contributed by atoms with van der Waals surface area (Å²) in [4.78, 5) is 11.8. The van der Waals surface area contributed by atoms with E-state index in [2.05, 4.69) is 50.4 Å². The van der Waals surface area contributed by atoms with Gasteiger partial charge in [-0.3, -0.25) is 4.79 Å². The van der Waals surface area contributed by atoms with Gasteiger partial charge in [-0.2, -0.15) is 0 Å². The fraction of sp³-hybridized carbons (Fsp3) is 0.562. The van der Waals surface area contributed by atoms with E-state index in [1.54, 1.807) is 0 Å². The Morgan fingerprint density at radius 3 is 2.42 bits per heavy atom. The maximum atomic E-state index is 11.8. The van der Waals surface area contributed by atoms with Crippen LogP contribution in [0.1, 0.15) is 45.2 Å². The van der Waals surface area contributed by atoms with Crippen molar-refractivity contribution in [2.45, 2.75) is 52.0 Å². The van der Waals surface area contributed by atoms with Crippen LogP contribution >= 0.6 is 0 Å². The highest BCUT2D eigenvalue weighted by molar-refractivity contribution is 5.77. The lowest BCUT2D eigenvalue weighted by Crippen LogP contribution is -2.42. The molecule has 0 fully saturated rings. The van der Waals surface area contributed by atoms with Crippen LogP contribution in [0.15, 0.2) is 24.3 Å². The van der Waals surface area contributed by atoms with Crippen molar-refractivity contribution in [2.24, 2.45) is 5.73 Å². The molecule has 1 amide bonds. The Morgan fingerprint density at radius 1 is 1.26 bits per heavy atom. The van der Waals surface area contributed by atoms with E-state index in [-0.39, 0.29) is 11.3 Å². The smallest absolute Gasteiger partial charge is 0.221 e. The first kappa shape index (κ1) is 15.7. The third-order valence-corrected chi connectivity index (χ3v) is 3.14. The number of nitrogens with one attached hydrogen (secondary N) is 1. The molecule has 0 saturated heterocycles. The van der Waals surface area contributed by atoms with Gasteiger partial charge in [-0.25, -0.2) is 0 Å². The normalized spacial score (nSPS) is 12.3. The summed E-state index contributed by atoms with van der Waals surface area (Å²) < 4.78 is 0. The van der Waals surface area contributed by atoms with Crippen molar-refractivity contribution in [3.05, 3.63) is 35.4 Å². The van der Waals surface area contributed by atoms with Gasteiger partial charge >= 0.3 is 0 Å². The molecule has 0 radical (unpaired) electrons. The summed E-state index contributed by atoms with van der Waals surface area (Å²) in [5.74, 6) is 0.00762. The van der Waals surface area contributed by atoms with Crippen LogP contribution in [0.25, 0.3) is 0 Å². The molecule has 0 bridgehead atoms. The van der Waals surface area contributed by atoms with E-state index in [0.717, 1.165) is 0 Å². The van der Waals surface area contributed by atoms with Crippen LogP contribution < -0.4 is 11.1 Å². The molecular formula is C16H26N2O. The highest BCUT2D eigenvalue weighted by Gasteiger charge is 2.23. The molecule has 0 aromatic heterocycles. The van der Waals surface area contributed by atoms with E-state index in [1.807, 2.05) is 13.8 Å². The Bertz CT molecular complexity index is 444. The molecule has 0 aliphatic carbocycles. The first-order valence-corrected chi connectivity index (χ1v) is 6.73. The quantitative estimate of drug-likeness (QED) is 0.856. The number of carbonyl (C=O) groups excluding carboxylic acids is 1. The van der Waals surface area contributed by atoms with Gasteiger partial charge in [0.2, 0.25) is 5.91 Å². The van der Waals surface area contributed by atoms with Gasteiger partial charge in [-0.1, -0.05) is 43.7 Å². The zero-order valence-electron chi connectivity index (χ0n) is 12.7. The van der Waals surface area contributed by atoms with Gasteiger partial charge in [-0.15, -0.1) is 0 Å². The van der Waals surface area contributed by atoms with Crippen LogP contribution in [-0.2, 0) is 10.2 Å². The lowest BCUT2D eigenvalue weighted by atomic mass is 9.84. The van der Waals surface area contributed by atoms with E-state index in [0.29, 0.717) is 13.0 Å². The maximum absolute atomic E-state index is 11.8. The standard InChI is InChI=1S/C16H26N2O/c1-12-7-6-8-13(9-12)15(2,3)11-18-14(19)10-16(4,5)17/h6-9H,10-11,17H2,1-5H3,(H,18,19). The van der Waals surface area contributed by atoms with Crippen molar-refractivity contribution in [3.63, 3.8) is 0 Å². The molecule has 0 saturated carbocycles. The summed E-state index contributed by atoms with van der Waals surface area (Å²) in [5, 5.41) is 2.98. The molecule has 0 aliphatic heterocycles. The summed E-state index contributed by atoms with van der Waals surface area (Å²) in [6.45, 7) is 10.7. The summed E-state index contributed by atoms with van der Waals surface area (Å²) in [6.07, 6.45) is 0.344. The first-order chi connectivity index (χ1) is 8.60. The first-order valence-electron chi connectivity index (χ1n) is 6.73. The van der Waals surface area contributed by atoms with Gasteiger partial charge in [-0.05, 0) is 26.3 Å². The van der Waals surface area contributed by atoms with E-state index >= 15 is 0 Å². The van der Waals surface area contributed by atoms with Crippen LogP contribution in [0.5, 0.6) is 0 Å². The molecule has 19 heavy (non-hydrogen) atoms. The Hall–Kier alpha value is -1.35. The average molecular weight is 262 g/mol. The molecule has 0 unspecified atom stereocenters. The van der Waals surface area contributed by atoms with Crippen molar-refractivity contribution in [1.29, 1.82) is 0 Å². The largest absolute Gasteiger partial charge is 0.355 e. The Labute approximate surface area is 116 Å². The van der Waals surface area contributed by atoms with Gasteiger partial charge in [0.05, 0.1) is 0 Å². The number of amides is 1. The van der Waals surface area contributed by atoms with Crippen LogP contribution in [0, 0.1) is 6.92 Å². The van der Waals surface area contributed by atoms with Crippen LogP contribution in [0.3, 0.4) is 0 Å². The molecule has 1 rings (SSSR count). The molecule has 0 atom stereocenters. The second-order valence-corrected chi connectivity index (χ2v) is 6.70. The van der Waals surface area contributed by atoms with Crippen molar-refractivity contribution in [2.75, 3.05) is 6.54 Å². The highest BCUT2D eigenvalue weighted by atomic mass is 16.1. The van der Waals surface area contributed by atoms with E-state index < -0.39 is 5.54 Å². The van der Waals surface area contributed by atoms with Crippen molar-refractivity contribution in [1.82, 2.24) is 5.32 Å². The number of carbonyl (C=O) groups is 1. The SMILES string of the molecule is Cc1cccc(C(C)(C)CNC(=O)CC(C)(C)N)c1. The number of hydrogen-bond donors (Lipinski definition) is 2. The number of nitrogens with two attached hydrogens (primary N) is 1. The molecule has 106 valence electrons. The zero-order chi connectivity index (χ0) is 14.7. The second-order valence-electron chi connectivity index (χ2n) is 6.70. The molecule has 3 nitrogen and oxygen atoms in total. The molecule has 3 heteroatoms. The maximum Gasteiger partial charge on any atom is 0.221 e. The summed E-state index contributed by atoms with van der Waals surface area (Å²) in [5.41, 5.74) is 7.77. The fourth-order valence-corrected chi connectivity index (χ4v) is 1.96. The van der Waals surface area contributed by atoms with Crippen LogP contribution in [0.4, 0.5) is 0 Å². The molecular weight excluding hydrogens is 236 g/mol. The third kappa shape index (κ3) is 5.43. The lowest BCUT2D eigenvalue weighted by Gasteiger charge is -2.27. The van der Waals surface area contributed by atoms with Gasteiger partial charge in [0.15, 0.2) is 0 Å². The van der Waals surface area contributed by atoms with Crippen molar-refractivity contribution < 1.29 is 4.79 Å². The van der Waals surface area contributed by atoms with E-state index in [1.165, 1.54) is 11.1 Å². The zero-order valence-corrected chi connectivity index (χ0v) is 12.7. The monoisotopic (exact) mass is 262 g/mol. The van der Waals surface area contributed by atoms with E-state index in [4.69, 9.17) is 5.73 Å². The molecule has 0 spiro atoms. The minimum Gasteiger partial charge on any atom is -0.355 e. The Morgan fingerprint density at radius 2 is 1.89 bits per heavy atom. The molecule has 1 aromatic rings. The van der Waals surface area contributed by atoms with Gasteiger partial charge < -0.3 is 11.1 Å². The highest BCUT2D eigenvalue weighted by Crippen LogP contribution is 2.23. The fourth-order valence-electron chi connectivity index (χ4n) is 1.96. The summed E-state index contributed by atoms with van der Waals surface area (Å²) in [7, 11) is 0. The van der Waals surface area contributed by atoms with Crippen molar-refractivity contribution >= 4 is 5.91 Å². The molecule has 0 heterocycles. The molecule has 3 N–H and O–H groups in total. The topological polar surface area (TPSA) is 55.1 Å². The summed E-state index contributed by atoms with van der Waals surface area (Å²) in [6, 6.07) is 8.40. The van der Waals surface area contributed by atoms with E-state index in [9.17, 15) is 4.79 Å². The third-order valence-electron chi connectivity index (χ3n) is 3.14. The number of aryl methyl sites for hydroxylation is 1. The predicted molar refractivity (Wildman–Crippen MR) is 80.1 cm³/mol. The van der Waals surface area contributed by atoms with Gasteiger partial charge in [0.25, 0.3) is 0 Å². The Kier molecular flexibility index (Phi) is 4.75. The van der Waals surface area contributed by atoms with Crippen LogP contribution in [0.2, 0.25) is 0 Å². The lowest BCUT2D eigenvalue weighted by molar-refractivity contribution is -0.122.